The first-order chi connectivity index (χ1) is 9.88. The van der Waals surface area contributed by atoms with Gasteiger partial charge >= 0.3 is 6.18 Å². The van der Waals surface area contributed by atoms with Gasteiger partial charge in [0.15, 0.2) is 0 Å². The first-order valence-electron chi connectivity index (χ1n) is 7.06. The van der Waals surface area contributed by atoms with Crippen molar-refractivity contribution in [1.82, 2.24) is 10.6 Å². The van der Waals surface area contributed by atoms with Crippen molar-refractivity contribution in [1.29, 1.82) is 0 Å². The van der Waals surface area contributed by atoms with Gasteiger partial charge < -0.3 is 10.6 Å². The first-order valence-corrected chi connectivity index (χ1v) is 7.06. The minimum absolute atomic E-state index is 0.105. The molecule has 1 aliphatic heterocycles. The molecule has 1 heterocycles. The Balaban J connectivity index is 2.02. The van der Waals surface area contributed by atoms with Gasteiger partial charge in [0.25, 0.3) is 0 Å². The van der Waals surface area contributed by atoms with E-state index in [0.29, 0.717) is 12.1 Å². The average molecular weight is 300 g/mol. The Bertz CT molecular complexity index is 496. The Labute approximate surface area is 121 Å². The smallest absolute Gasteiger partial charge is 0.349 e. The molecule has 2 N–H and O–H groups in total. The fraction of sp³-hybridized carbons (Fsp3) is 0.533. The molecule has 2 rings (SSSR count). The summed E-state index contributed by atoms with van der Waals surface area (Å²) >= 11 is 0. The van der Waals surface area contributed by atoms with Crippen LogP contribution < -0.4 is 10.6 Å². The molecule has 1 aliphatic rings. The molecule has 0 aromatic heterocycles. The van der Waals surface area contributed by atoms with E-state index in [9.17, 15) is 18.0 Å². The van der Waals surface area contributed by atoms with E-state index in [-0.39, 0.29) is 11.8 Å². The second-order valence-electron chi connectivity index (χ2n) is 5.40. The van der Waals surface area contributed by atoms with Crippen molar-refractivity contribution in [2.45, 2.75) is 32.0 Å². The van der Waals surface area contributed by atoms with Gasteiger partial charge in [-0.05, 0) is 44.0 Å². The monoisotopic (exact) mass is 300 g/mol. The highest BCUT2D eigenvalue weighted by Gasteiger charge is 2.31. The summed E-state index contributed by atoms with van der Waals surface area (Å²) in [6.45, 7) is 3.23. The molecule has 116 valence electrons. The summed E-state index contributed by atoms with van der Waals surface area (Å²) in [5.41, 5.74) is -0.234. The number of benzene rings is 1. The minimum Gasteiger partial charge on any atom is -0.349 e. The highest BCUT2D eigenvalue weighted by Crippen LogP contribution is 2.30. The second kappa shape index (κ2) is 6.47. The van der Waals surface area contributed by atoms with Crippen molar-refractivity contribution < 1.29 is 18.0 Å². The molecule has 1 aromatic carbocycles. The van der Waals surface area contributed by atoms with Gasteiger partial charge in [-0.3, -0.25) is 4.79 Å². The van der Waals surface area contributed by atoms with Gasteiger partial charge in [0, 0.05) is 6.54 Å². The molecule has 0 bridgehead atoms. The molecule has 1 aromatic rings. The van der Waals surface area contributed by atoms with Crippen LogP contribution in [-0.2, 0) is 11.0 Å². The van der Waals surface area contributed by atoms with Crippen LogP contribution in [0.5, 0.6) is 0 Å². The zero-order valence-electron chi connectivity index (χ0n) is 11.8. The standard InChI is InChI=1S/C15H19F3N2O/c1-10(20-14(21)12-5-3-7-19-9-12)11-4-2-6-13(8-11)15(16,17)18/h2,4,6,8,10,12,19H,3,5,7,9H2,1H3,(H,20,21)/t10?,12-/m0/s1. The Hall–Kier alpha value is -1.56. The number of rotatable bonds is 3. The number of carbonyl (C=O) groups is 1. The molecule has 0 aliphatic carbocycles. The molecule has 2 atom stereocenters. The number of nitrogens with one attached hydrogen (secondary N) is 2. The van der Waals surface area contributed by atoms with Crippen molar-refractivity contribution in [3.8, 4) is 0 Å². The van der Waals surface area contributed by atoms with E-state index in [4.69, 9.17) is 0 Å². The predicted octanol–water partition coefficient (Wildman–Crippen LogP) is 2.88. The molecule has 21 heavy (non-hydrogen) atoms. The van der Waals surface area contributed by atoms with Gasteiger partial charge in [-0.25, -0.2) is 0 Å². The van der Waals surface area contributed by atoms with Gasteiger partial charge in [0.1, 0.15) is 0 Å². The third-order valence-electron chi connectivity index (χ3n) is 3.74. The molecule has 3 nitrogen and oxygen atoms in total. The maximum atomic E-state index is 12.7. The van der Waals surface area contributed by atoms with Crippen molar-refractivity contribution in [2.24, 2.45) is 5.92 Å². The van der Waals surface area contributed by atoms with Crippen LogP contribution in [-0.4, -0.2) is 19.0 Å². The maximum Gasteiger partial charge on any atom is 0.416 e. The van der Waals surface area contributed by atoms with Crippen LogP contribution >= 0.6 is 0 Å². The number of hydrogen-bond donors (Lipinski definition) is 2. The van der Waals surface area contributed by atoms with E-state index >= 15 is 0 Å². The predicted molar refractivity (Wildman–Crippen MR) is 73.6 cm³/mol. The van der Waals surface area contributed by atoms with Gasteiger partial charge in [-0.2, -0.15) is 13.2 Å². The van der Waals surface area contributed by atoms with Gasteiger partial charge in [-0.15, -0.1) is 0 Å². The Morgan fingerprint density at radius 2 is 2.19 bits per heavy atom. The molecule has 1 fully saturated rings. The first kappa shape index (κ1) is 15.8. The Morgan fingerprint density at radius 1 is 1.43 bits per heavy atom. The summed E-state index contributed by atoms with van der Waals surface area (Å²) in [7, 11) is 0. The van der Waals surface area contributed by atoms with Crippen LogP contribution in [0.1, 0.15) is 36.9 Å². The number of alkyl halides is 3. The van der Waals surface area contributed by atoms with E-state index in [1.807, 2.05) is 0 Å². The normalized spacial score (nSPS) is 20.9. The molecule has 0 radical (unpaired) electrons. The third kappa shape index (κ3) is 4.20. The molecule has 1 amide bonds. The fourth-order valence-electron chi connectivity index (χ4n) is 2.47. The number of halogens is 3. The molecule has 1 saturated heterocycles. The summed E-state index contributed by atoms with van der Waals surface area (Å²) in [5.74, 6) is -0.209. The van der Waals surface area contributed by atoms with Crippen LogP contribution in [0.2, 0.25) is 0 Å². The SMILES string of the molecule is CC(NC(=O)[C@H]1CCCNC1)c1cccc(C(F)(F)F)c1. The van der Waals surface area contributed by atoms with Crippen LogP contribution in [0.15, 0.2) is 24.3 Å². The van der Waals surface area contributed by atoms with Crippen molar-refractivity contribution in [3.05, 3.63) is 35.4 Å². The van der Waals surface area contributed by atoms with Crippen LogP contribution in [0, 0.1) is 5.92 Å². The summed E-state index contributed by atoms with van der Waals surface area (Å²) < 4.78 is 38.1. The van der Waals surface area contributed by atoms with Crippen LogP contribution in [0.3, 0.4) is 0 Å². The fourth-order valence-corrected chi connectivity index (χ4v) is 2.47. The van der Waals surface area contributed by atoms with E-state index < -0.39 is 17.8 Å². The zero-order chi connectivity index (χ0) is 15.5. The highest BCUT2D eigenvalue weighted by molar-refractivity contribution is 5.79. The lowest BCUT2D eigenvalue weighted by molar-refractivity contribution is -0.137. The van der Waals surface area contributed by atoms with Crippen LogP contribution in [0.25, 0.3) is 0 Å². The minimum atomic E-state index is -4.37. The number of amides is 1. The van der Waals surface area contributed by atoms with Crippen molar-refractivity contribution in [3.63, 3.8) is 0 Å². The molecule has 6 heteroatoms. The zero-order valence-corrected chi connectivity index (χ0v) is 11.8. The van der Waals surface area contributed by atoms with E-state index in [2.05, 4.69) is 10.6 Å². The quantitative estimate of drug-likeness (QED) is 0.901. The van der Waals surface area contributed by atoms with Gasteiger partial charge in [0.05, 0.1) is 17.5 Å². The van der Waals surface area contributed by atoms with Gasteiger partial charge in [0.2, 0.25) is 5.91 Å². The largest absolute Gasteiger partial charge is 0.416 e. The molecular formula is C15H19F3N2O. The molecule has 1 unspecified atom stereocenters. The lowest BCUT2D eigenvalue weighted by Crippen LogP contribution is -2.41. The maximum absolute atomic E-state index is 12.7. The lowest BCUT2D eigenvalue weighted by atomic mass is 9.97. The summed E-state index contributed by atoms with van der Waals surface area (Å²) in [5, 5.41) is 5.95. The van der Waals surface area contributed by atoms with E-state index in [1.165, 1.54) is 6.07 Å². The number of carbonyl (C=O) groups excluding carboxylic acids is 1. The average Bonchev–Trinajstić information content (AvgIpc) is 2.47. The number of piperidine rings is 1. The summed E-state index contributed by atoms with van der Waals surface area (Å²) in [4.78, 5) is 12.1. The Morgan fingerprint density at radius 3 is 2.81 bits per heavy atom. The van der Waals surface area contributed by atoms with Crippen molar-refractivity contribution in [2.75, 3.05) is 13.1 Å². The summed E-state index contributed by atoms with van der Waals surface area (Å²) in [6.07, 6.45) is -2.61. The number of hydrogen-bond acceptors (Lipinski definition) is 2. The topological polar surface area (TPSA) is 41.1 Å². The second-order valence-corrected chi connectivity index (χ2v) is 5.40. The molecular weight excluding hydrogens is 281 g/mol. The van der Waals surface area contributed by atoms with Crippen LogP contribution in [0.4, 0.5) is 13.2 Å². The van der Waals surface area contributed by atoms with Gasteiger partial charge in [-0.1, -0.05) is 12.1 Å². The lowest BCUT2D eigenvalue weighted by Gasteiger charge is -2.24. The van der Waals surface area contributed by atoms with E-state index in [0.717, 1.165) is 31.5 Å². The molecule has 0 saturated carbocycles. The van der Waals surface area contributed by atoms with E-state index in [1.54, 1.807) is 13.0 Å². The van der Waals surface area contributed by atoms with Crippen molar-refractivity contribution >= 4 is 5.91 Å². The highest BCUT2D eigenvalue weighted by atomic mass is 19.4. The molecule has 0 spiro atoms. The Kier molecular flexibility index (Phi) is 4.88. The third-order valence-corrected chi connectivity index (χ3v) is 3.74. The summed E-state index contributed by atoms with van der Waals surface area (Å²) in [6, 6.07) is 4.64.